The number of carbonyl (C=O) groups excluding carboxylic acids is 1. The summed E-state index contributed by atoms with van der Waals surface area (Å²) in [6.07, 6.45) is 36.4. The molecule has 1 aliphatic rings. The zero-order chi connectivity index (χ0) is 37.6. The van der Waals surface area contributed by atoms with Crippen LogP contribution in [0.5, 0.6) is 0 Å². The van der Waals surface area contributed by atoms with Gasteiger partial charge in [0, 0.05) is 6.42 Å². The molecule has 1 aliphatic heterocycles. The third-order valence-electron chi connectivity index (χ3n) is 9.22. The number of nitrogens with one attached hydrogen (secondary N) is 1. The lowest BCUT2D eigenvalue weighted by Gasteiger charge is -2.29. The summed E-state index contributed by atoms with van der Waals surface area (Å²) in [5.41, 5.74) is 0. The molecular weight excluding hydrogens is 663 g/mol. The number of epoxide rings is 1. The fourth-order valence-electron chi connectivity index (χ4n) is 5.81. The molecule has 0 bridgehead atoms. The van der Waals surface area contributed by atoms with Gasteiger partial charge in [0.05, 0.1) is 52.1 Å². The van der Waals surface area contributed by atoms with Gasteiger partial charge in [-0.3, -0.25) is 9.36 Å². The van der Waals surface area contributed by atoms with Crippen LogP contribution < -0.4 is 10.2 Å². The van der Waals surface area contributed by atoms with E-state index in [0.717, 1.165) is 64.2 Å². The molecule has 1 rings (SSSR count). The summed E-state index contributed by atoms with van der Waals surface area (Å²) < 4.78 is 28.9. The topological polar surface area (TPSA) is 120 Å². The zero-order valence-corrected chi connectivity index (χ0v) is 34.1. The molecular formula is C41H77N2O7P. The summed E-state index contributed by atoms with van der Waals surface area (Å²) in [5, 5.41) is 13.7. The molecule has 1 heterocycles. The molecule has 0 aromatic carbocycles. The summed E-state index contributed by atoms with van der Waals surface area (Å²) in [6.45, 7) is 4.52. The lowest BCUT2D eigenvalue weighted by atomic mass is 10.1. The molecule has 298 valence electrons. The van der Waals surface area contributed by atoms with Crippen molar-refractivity contribution in [2.45, 2.75) is 179 Å². The van der Waals surface area contributed by atoms with Gasteiger partial charge in [-0.2, -0.15) is 0 Å². The van der Waals surface area contributed by atoms with Crippen molar-refractivity contribution < 1.29 is 37.6 Å². The first-order valence-electron chi connectivity index (χ1n) is 20.5. The molecule has 51 heavy (non-hydrogen) atoms. The smallest absolute Gasteiger partial charge is 0.268 e. The molecule has 0 aromatic heterocycles. The first kappa shape index (κ1) is 47.7. The predicted molar refractivity (Wildman–Crippen MR) is 209 cm³/mol. The number of likely N-dealkylation sites (N-methyl/N-ethyl adjacent to an activating group) is 1. The van der Waals surface area contributed by atoms with E-state index in [0.29, 0.717) is 29.7 Å². The molecule has 10 heteroatoms. The first-order valence-corrected chi connectivity index (χ1v) is 21.9. The Morgan fingerprint density at radius 3 is 2.00 bits per heavy atom. The Balaban J connectivity index is 2.36. The van der Waals surface area contributed by atoms with Crippen LogP contribution in [0.2, 0.25) is 0 Å². The summed E-state index contributed by atoms with van der Waals surface area (Å²) >= 11 is 0. The second-order valence-corrected chi connectivity index (χ2v) is 16.8. The van der Waals surface area contributed by atoms with E-state index in [1.54, 1.807) is 6.08 Å². The number of nitrogens with zero attached hydrogens (tertiary/aromatic N) is 1. The van der Waals surface area contributed by atoms with E-state index in [2.05, 4.69) is 43.5 Å². The standard InChI is InChI=1S/C41H77N2O7P/c1-6-8-10-11-12-13-14-15-16-17-20-23-27-30-38(44)37(36-49-51(46,47)48-35-34-43(3,4)5)42-41(45)33-29-25-22-19-18-21-24-28-32-40-39(50-40)31-26-9-7-2/h10-11,24,27-28,30,37-40,44H,6-9,12-23,25-26,29,31-36H2,1-5H3,(H-,42,45,46,47)/b11-10-,28-24-,30-27+/t37-,38+,39?,40?/m0/s1. The van der Waals surface area contributed by atoms with Crippen molar-refractivity contribution in [3.8, 4) is 0 Å². The first-order chi connectivity index (χ1) is 24.5. The number of aliphatic hydroxyl groups excluding tert-OH is 1. The Hall–Kier alpha value is -1.32. The van der Waals surface area contributed by atoms with E-state index in [1.165, 1.54) is 70.6 Å². The van der Waals surface area contributed by atoms with Crippen molar-refractivity contribution in [3.05, 3.63) is 36.5 Å². The maximum absolute atomic E-state index is 12.8. The van der Waals surface area contributed by atoms with Gasteiger partial charge < -0.3 is 33.6 Å². The Bertz CT molecular complexity index is 997. The molecule has 0 saturated carbocycles. The van der Waals surface area contributed by atoms with E-state index < -0.39 is 26.6 Å². The SMILES string of the molecule is CCC/C=C\CCCCCCCC/C=C/[C@@H](O)[C@H](COP(=O)([O-])OCC[N+](C)(C)C)NC(=O)CCCCCCC/C=C\CC1OC1CCCCC. The van der Waals surface area contributed by atoms with E-state index in [1.807, 2.05) is 27.2 Å². The number of unbranched alkanes of at least 4 members (excludes halogenated alkanes) is 15. The molecule has 1 saturated heterocycles. The molecule has 0 spiro atoms. The molecule has 0 radical (unpaired) electrons. The van der Waals surface area contributed by atoms with Crippen LogP contribution in [0.25, 0.3) is 0 Å². The maximum Gasteiger partial charge on any atom is 0.268 e. The normalized spacial score (nSPS) is 18.9. The van der Waals surface area contributed by atoms with Gasteiger partial charge >= 0.3 is 0 Å². The summed E-state index contributed by atoms with van der Waals surface area (Å²) in [7, 11) is 1.23. The fourth-order valence-corrected chi connectivity index (χ4v) is 6.53. The fraction of sp³-hybridized carbons (Fsp3) is 0.829. The molecule has 0 aromatic rings. The average molecular weight is 741 g/mol. The number of aliphatic hydroxyl groups is 1. The highest BCUT2D eigenvalue weighted by Gasteiger charge is 2.36. The molecule has 0 aliphatic carbocycles. The number of hydrogen-bond donors (Lipinski definition) is 2. The predicted octanol–water partition coefficient (Wildman–Crippen LogP) is 9.10. The van der Waals surface area contributed by atoms with Crippen LogP contribution in [0.15, 0.2) is 36.5 Å². The van der Waals surface area contributed by atoms with Crippen LogP contribution in [0.3, 0.4) is 0 Å². The lowest BCUT2D eigenvalue weighted by Crippen LogP contribution is -2.45. The maximum atomic E-state index is 12.8. The summed E-state index contributed by atoms with van der Waals surface area (Å²) in [5.74, 6) is -0.221. The second kappa shape index (κ2) is 30.1. The number of carbonyl (C=O) groups is 1. The van der Waals surface area contributed by atoms with Gasteiger partial charge in [0.1, 0.15) is 13.2 Å². The second-order valence-electron chi connectivity index (χ2n) is 15.4. The van der Waals surface area contributed by atoms with Crippen LogP contribution in [0.4, 0.5) is 0 Å². The van der Waals surface area contributed by atoms with E-state index in [4.69, 9.17) is 13.8 Å². The van der Waals surface area contributed by atoms with Gasteiger partial charge in [0.2, 0.25) is 5.91 Å². The van der Waals surface area contributed by atoms with Crippen LogP contribution in [-0.4, -0.2) is 80.8 Å². The molecule has 1 amide bonds. The van der Waals surface area contributed by atoms with Crippen molar-refractivity contribution >= 4 is 13.7 Å². The highest BCUT2D eigenvalue weighted by atomic mass is 31.2. The minimum Gasteiger partial charge on any atom is -0.756 e. The molecule has 9 nitrogen and oxygen atoms in total. The highest BCUT2D eigenvalue weighted by molar-refractivity contribution is 7.45. The number of allylic oxidation sites excluding steroid dienone is 4. The number of amides is 1. The largest absolute Gasteiger partial charge is 0.756 e. The number of ether oxygens (including phenoxy) is 1. The van der Waals surface area contributed by atoms with E-state index in [-0.39, 0.29) is 12.5 Å². The van der Waals surface area contributed by atoms with E-state index in [9.17, 15) is 19.4 Å². The van der Waals surface area contributed by atoms with Gasteiger partial charge in [-0.05, 0) is 64.2 Å². The van der Waals surface area contributed by atoms with Crippen molar-refractivity contribution in [3.63, 3.8) is 0 Å². The summed E-state index contributed by atoms with van der Waals surface area (Å²) in [4.78, 5) is 25.2. The van der Waals surface area contributed by atoms with Gasteiger partial charge in [-0.15, -0.1) is 0 Å². The van der Waals surface area contributed by atoms with Crippen molar-refractivity contribution in [2.24, 2.45) is 0 Å². The van der Waals surface area contributed by atoms with Crippen molar-refractivity contribution in [1.29, 1.82) is 0 Å². The number of phosphoric ester groups is 1. The number of hydrogen-bond acceptors (Lipinski definition) is 7. The summed E-state index contributed by atoms with van der Waals surface area (Å²) in [6, 6.07) is -0.899. The molecule has 3 unspecified atom stereocenters. The van der Waals surface area contributed by atoms with E-state index >= 15 is 0 Å². The third-order valence-corrected chi connectivity index (χ3v) is 10.2. The highest BCUT2D eigenvalue weighted by Crippen LogP contribution is 2.38. The molecule has 5 atom stereocenters. The number of rotatable bonds is 35. The Kier molecular flexibility index (Phi) is 28.1. The number of quaternary nitrogens is 1. The molecule has 2 N–H and O–H groups in total. The third kappa shape index (κ3) is 29.8. The minimum absolute atomic E-state index is 0.00884. The Morgan fingerprint density at radius 1 is 0.784 bits per heavy atom. The van der Waals surface area contributed by atoms with Crippen LogP contribution in [0, 0.1) is 0 Å². The van der Waals surface area contributed by atoms with Gasteiger partial charge in [-0.1, -0.05) is 121 Å². The van der Waals surface area contributed by atoms with Crippen LogP contribution >= 0.6 is 7.82 Å². The van der Waals surface area contributed by atoms with Gasteiger partial charge in [0.15, 0.2) is 0 Å². The molecule has 1 fully saturated rings. The van der Waals surface area contributed by atoms with Crippen molar-refractivity contribution in [1.82, 2.24) is 5.32 Å². The number of phosphoric acid groups is 1. The average Bonchev–Trinajstić information content (AvgIpc) is 3.83. The quantitative estimate of drug-likeness (QED) is 0.0219. The van der Waals surface area contributed by atoms with Gasteiger partial charge in [-0.25, -0.2) is 0 Å². The van der Waals surface area contributed by atoms with Crippen LogP contribution in [-0.2, 0) is 23.1 Å². The zero-order valence-electron chi connectivity index (χ0n) is 33.2. The monoisotopic (exact) mass is 741 g/mol. The van der Waals surface area contributed by atoms with Crippen LogP contribution in [0.1, 0.15) is 155 Å². The lowest BCUT2D eigenvalue weighted by molar-refractivity contribution is -0.870. The minimum atomic E-state index is -4.59. The van der Waals surface area contributed by atoms with Gasteiger partial charge in [0.25, 0.3) is 7.82 Å². The Labute approximate surface area is 312 Å². The Morgan fingerprint density at radius 2 is 1.37 bits per heavy atom. The van der Waals surface area contributed by atoms with Crippen molar-refractivity contribution in [2.75, 3.05) is 40.9 Å².